The zero-order valence-electron chi connectivity index (χ0n) is 19.5. The topological polar surface area (TPSA) is 76.2 Å². The Morgan fingerprint density at radius 1 is 1.03 bits per heavy atom. The fourth-order valence-electron chi connectivity index (χ4n) is 4.00. The third-order valence-corrected chi connectivity index (χ3v) is 5.88. The minimum absolute atomic E-state index is 0.105. The van der Waals surface area contributed by atoms with E-state index in [-0.39, 0.29) is 12.3 Å². The summed E-state index contributed by atoms with van der Waals surface area (Å²) in [5.41, 5.74) is 3.72. The van der Waals surface area contributed by atoms with Crippen LogP contribution in [-0.4, -0.2) is 45.0 Å². The van der Waals surface area contributed by atoms with Crippen LogP contribution in [-0.2, 0) is 17.8 Å². The number of anilines is 1. The highest BCUT2D eigenvalue weighted by atomic mass is 16.4. The van der Waals surface area contributed by atoms with Crippen molar-refractivity contribution in [1.29, 1.82) is 0 Å². The van der Waals surface area contributed by atoms with E-state index < -0.39 is 0 Å². The molecule has 0 radical (unpaired) electrons. The second kappa shape index (κ2) is 10.4. The molecule has 0 unspecified atom stereocenters. The second-order valence-electron chi connectivity index (χ2n) is 8.04. The van der Waals surface area contributed by atoms with Gasteiger partial charge in [0.05, 0.1) is 16.7 Å². The lowest BCUT2D eigenvalue weighted by Gasteiger charge is -2.19. The van der Waals surface area contributed by atoms with Gasteiger partial charge in [0.15, 0.2) is 11.7 Å². The van der Waals surface area contributed by atoms with E-state index in [0.29, 0.717) is 18.3 Å². The Hall–Kier alpha value is -3.45. The molecule has 0 aliphatic carbocycles. The summed E-state index contributed by atoms with van der Waals surface area (Å²) >= 11 is 0. The molecule has 0 atom stereocenters. The molecule has 7 nitrogen and oxygen atoms in total. The van der Waals surface area contributed by atoms with Crippen LogP contribution in [0.2, 0.25) is 0 Å². The van der Waals surface area contributed by atoms with E-state index >= 15 is 0 Å². The Labute approximate surface area is 194 Å². The number of nitrogens with one attached hydrogen (secondary N) is 1. The van der Waals surface area contributed by atoms with Gasteiger partial charge in [0.1, 0.15) is 0 Å². The van der Waals surface area contributed by atoms with E-state index in [1.54, 1.807) is 0 Å². The number of benzene rings is 2. The van der Waals surface area contributed by atoms with Gasteiger partial charge >= 0.3 is 0 Å². The molecule has 172 valence electrons. The molecule has 2 aromatic heterocycles. The largest absolute Gasteiger partial charge is 0.440 e. The van der Waals surface area contributed by atoms with Gasteiger partial charge in [-0.15, -0.1) is 0 Å². The number of likely N-dealkylation sites (N-methyl/N-ethyl adjacent to an activating group) is 1. The summed E-state index contributed by atoms with van der Waals surface area (Å²) < 4.78 is 8.04. The summed E-state index contributed by atoms with van der Waals surface area (Å²) in [7, 11) is 0. The quantitative estimate of drug-likeness (QED) is 0.375. The van der Waals surface area contributed by atoms with E-state index in [4.69, 9.17) is 4.42 Å². The Bertz CT molecular complexity index is 1210. The molecule has 0 fully saturated rings. The lowest BCUT2D eigenvalue weighted by molar-refractivity contribution is -0.116. The molecule has 0 aliphatic heterocycles. The van der Waals surface area contributed by atoms with E-state index in [9.17, 15) is 4.79 Å². The van der Waals surface area contributed by atoms with Crippen LogP contribution in [0.1, 0.15) is 31.9 Å². The predicted molar refractivity (Wildman–Crippen MR) is 131 cm³/mol. The van der Waals surface area contributed by atoms with Crippen molar-refractivity contribution in [3.8, 4) is 11.3 Å². The van der Waals surface area contributed by atoms with Crippen LogP contribution in [0.4, 0.5) is 5.95 Å². The SMILES string of the molecule is CCN(CC)CCn1c(NC(=O)CCc2nc(C)c(-c3ccccc3)o2)nc2ccccc21. The summed E-state index contributed by atoms with van der Waals surface area (Å²) in [5.74, 6) is 1.80. The number of hydrogen-bond acceptors (Lipinski definition) is 5. The molecule has 1 N–H and O–H groups in total. The first kappa shape index (κ1) is 22.7. The van der Waals surface area contributed by atoms with Crippen LogP contribution in [0.15, 0.2) is 59.0 Å². The number of hydrogen-bond donors (Lipinski definition) is 1. The highest BCUT2D eigenvalue weighted by Crippen LogP contribution is 2.25. The highest BCUT2D eigenvalue weighted by Gasteiger charge is 2.16. The molecule has 0 saturated heterocycles. The molecule has 0 spiro atoms. The zero-order chi connectivity index (χ0) is 23.2. The number of carbonyl (C=O) groups excluding carboxylic acids is 1. The smallest absolute Gasteiger partial charge is 0.227 e. The molecule has 1 amide bonds. The maximum Gasteiger partial charge on any atom is 0.227 e. The normalized spacial score (nSPS) is 11.4. The Morgan fingerprint density at radius 3 is 2.52 bits per heavy atom. The van der Waals surface area contributed by atoms with Crippen LogP contribution < -0.4 is 5.32 Å². The van der Waals surface area contributed by atoms with Crippen molar-refractivity contribution in [2.24, 2.45) is 0 Å². The number of carbonyl (C=O) groups is 1. The van der Waals surface area contributed by atoms with Crippen molar-refractivity contribution >= 4 is 22.9 Å². The summed E-state index contributed by atoms with van der Waals surface area (Å²) in [6, 6.07) is 17.9. The van der Waals surface area contributed by atoms with Gasteiger partial charge in [-0.25, -0.2) is 9.97 Å². The molecule has 4 rings (SSSR count). The lowest BCUT2D eigenvalue weighted by atomic mass is 10.1. The number of oxazole rings is 1. The fraction of sp³-hybridized carbons (Fsp3) is 0.346. The van der Waals surface area contributed by atoms with Gasteiger partial charge in [-0.05, 0) is 32.1 Å². The second-order valence-corrected chi connectivity index (χ2v) is 8.04. The van der Waals surface area contributed by atoms with Crippen molar-refractivity contribution in [3.63, 3.8) is 0 Å². The number of amides is 1. The van der Waals surface area contributed by atoms with Crippen molar-refractivity contribution in [2.45, 2.75) is 40.2 Å². The number of fused-ring (bicyclic) bond motifs is 1. The number of imidazole rings is 1. The van der Waals surface area contributed by atoms with Gasteiger partial charge in [0.25, 0.3) is 0 Å². The van der Waals surface area contributed by atoms with Gasteiger partial charge in [0, 0.05) is 31.5 Å². The van der Waals surface area contributed by atoms with Crippen molar-refractivity contribution in [3.05, 3.63) is 66.2 Å². The first-order valence-corrected chi connectivity index (χ1v) is 11.6. The lowest BCUT2D eigenvalue weighted by Crippen LogP contribution is -2.27. The van der Waals surface area contributed by atoms with Crippen LogP contribution in [0.3, 0.4) is 0 Å². The van der Waals surface area contributed by atoms with Crippen molar-refractivity contribution < 1.29 is 9.21 Å². The van der Waals surface area contributed by atoms with Gasteiger partial charge in [-0.2, -0.15) is 0 Å². The fourth-order valence-corrected chi connectivity index (χ4v) is 4.00. The molecule has 2 aromatic carbocycles. The minimum atomic E-state index is -0.105. The van der Waals surface area contributed by atoms with E-state index in [2.05, 4.69) is 38.6 Å². The van der Waals surface area contributed by atoms with Gasteiger partial charge in [-0.1, -0.05) is 56.3 Å². The number of nitrogens with zero attached hydrogens (tertiary/aromatic N) is 4. The van der Waals surface area contributed by atoms with Gasteiger partial charge < -0.3 is 13.9 Å². The van der Waals surface area contributed by atoms with Gasteiger partial charge in [-0.3, -0.25) is 10.1 Å². The van der Waals surface area contributed by atoms with Crippen molar-refractivity contribution in [2.75, 3.05) is 25.0 Å². The molecule has 0 saturated carbocycles. The molecule has 4 aromatic rings. The first-order valence-electron chi connectivity index (χ1n) is 11.6. The average Bonchev–Trinajstić information content (AvgIpc) is 3.38. The summed E-state index contributed by atoms with van der Waals surface area (Å²) in [5, 5.41) is 3.01. The van der Waals surface area contributed by atoms with Crippen LogP contribution in [0.25, 0.3) is 22.4 Å². The summed E-state index contributed by atoms with van der Waals surface area (Å²) in [6.45, 7) is 9.88. The van der Waals surface area contributed by atoms with Crippen LogP contribution in [0, 0.1) is 6.92 Å². The molecule has 0 aliphatic rings. The number of aromatic nitrogens is 3. The standard InChI is InChI=1S/C26H31N5O2/c1-4-30(5-2)17-18-31-22-14-10-9-13-21(22)28-26(31)29-23(32)15-16-24-27-19(3)25(33-24)20-11-7-6-8-12-20/h6-14H,4-5,15-18H2,1-3H3,(H,28,29,32). The van der Waals surface area contributed by atoms with E-state index in [1.807, 2.05) is 61.5 Å². The predicted octanol–water partition coefficient (Wildman–Crippen LogP) is 4.91. The maximum atomic E-state index is 12.8. The molecule has 33 heavy (non-hydrogen) atoms. The Kier molecular flexibility index (Phi) is 7.19. The van der Waals surface area contributed by atoms with E-state index in [1.165, 1.54) is 0 Å². The van der Waals surface area contributed by atoms with Crippen LogP contribution in [0.5, 0.6) is 0 Å². The third-order valence-electron chi connectivity index (χ3n) is 5.88. The highest BCUT2D eigenvalue weighted by molar-refractivity contribution is 5.91. The monoisotopic (exact) mass is 445 g/mol. The third kappa shape index (κ3) is 5.31. The molecular weight excluding hydrogens is 414 g/mol. The molecule has 7 heteroatoms. The Morgan fingerprint density at radius 2 is 1.76 bits per heavy atom. The van der Waals surface area contributed by atoms with Crippen molar-refractivity contribution in [1.82, 2.24) is 19.4 Å². The number of para-hydroxylation sites is 2. The van der Waals surface area contributed by atoms with E-state index in [0.717, 1.165) is 54.2 Å². The molecule has 0 bridgehead atoms. The molecular formula is C26H31N5O2. The zero-order valence-corrected chi connectivity index (χ0v) is 19.5. The number of aryl methyl sites for hydroxylation is 2. The van der Waals surface area contributed by atoms with Gasteiger partial charge in [0.2, 0.25) is 11.9 Å². The van der Waals surface area contributed by atoms with Crippen LogP contribution >= 0.6 is 0 Å². The molecule has 2 heterocycles. The minimum Gasteiger partial charge on any atom is -0.440 e. The summed E-state index contributed by atoms with van der Waals surface area (Å²) in [6.07, 6.45) is 0.701. The average molecular weight is 446 g/mol. The number of rotatable bonds is 10. The first-order chi connectivity index (χ1) is 16.1. The maximum absolute atomic E-state index is 12.8. The summed E-state index contributed by atoms with van der Waals surface area (Å²) in [4.78, 5) is 24.3. The Balaban J connectivity index is 1.44.